The van der Waals surface area contributed by atoms with Crippen molar-refractivity contribution >= 4 is 16.0 Å². The Morgan fingerprint density at radius 3 is 2.44 bits per heavy atom. The fourth-order valence-electron chi connectivity index (χ4n) is 2.46. The number of carboxylic acid groups (broad SMARTS) is 1. The van der Waals surface area contributed by atoms with E-state index in [0.717, 1.165) is 4.31 Å². The average molecular weight is 279 g/mol. The minimum atomic E-state index is -3.68. The normalized spacial score (nSPS) is 31.6. The number of sulfonamides is 1. The van der Waals surface area contributed by atoms with Crippen LogP contribution in [-0.2, 0) is 19.6 Å². The molecule has 2 heterocycles. The van der Waals surface area contributed by atoms with Gasteiger partial charge in [-0.2, -0.15) is 4.31 Å². The predicted molar refractivity (Wildman–Crippen MR) is 61.5 cm³/mol. The van der Waals surface area contributed by atoms with Crippen LogP contribution in [0.4, 0.5) is 0 Å². The molecule has 0 aliphatic carbocycles. The van der Waals surface area contributed by atoms with E-state index in [1.54, 1.807) is 0 Å². The van der Waals surface area contributed by atoms with Crippen molar-refractivity contribution < 1.29 is 28.2 Å². The lowest BCUT2D eigenvalue weighted by Gasteiger charge is -2.29. The van der Waals surface area contributed by atoms with Crippen molar-refractivity contribution in [3.8, 4) is 0 Å². The molecule has 0 radical (unpaired) electrons. The topological polar surface area (TPSA) is 104 Å². The lowest BCUT2D eigenvalue weighted by Crippen LogP contribution is -2.46. The largest absolute Gasteiger partial charge is 0.480 e. The van der Waals surface area contributed by atoms with E-state index in [4.69, 9.17) is 9.84 Å². The molecule has 2 fully saturated rings. The molecule has 0 aromatic rings. The third-order valence-electron chi connectivity index (χ3n) is 3.44. The highest BCUT2D eigenvalue weighted by molar-refractivity contribution is 7.89. The van der Waals surface area contributed by atoms with Gasteiger partial charge in [0.1, 0.15) is 6.04 Å². The Balaban J connectivity index is 2.20. The maximum atomic E-state index is 12.3. The average Bonchev–Trinajstić information content (AvgIpc) is 2.73. The van der Waals surface area contributed by atoms with Crippen molar-refractivity contribution in [3.05, 3.63) is 0 Å². The van der Waals surface area contributed by atoms with Gasteiger partial charge in [0.25, 0.3) is 0 Å². The third kappa shape index (κ3) is 2.51. The molecule has 0 spiro atoms. The zero-order chi connectivity index (χ0) is 13.3. The van der Waals surface area contributed by atoms with Gasteiger partial charge in [0, 0.05) is 26.2 Å². The maximum Gasteiger partial charge on any atom is 0.322 e. The van der Waals surface area contributed by atoms with Crippen LogP contribution in [0.5, 0.6) is 0 Å². The summed E-state index contributed by atoms with van der Waals surface area (Å²) in [6, 6.07) is -1.15. The molecule has 2 rings (SSSR count). The molecular weight excluding hydrogens is 262 g/mol. The van der Waals surface area contributed by atoms with E-state index >= 15 is 0 Å². The van der Waals surface area contributed by atoms with Crippen LogP contribution in [0.1, 0.15) is 19.3 Å². The highest BCUT2D eigenvalue weighted by Gasteiger charge is 2.45. The Labute approximate surface area is 105 Å². The molecule has 2 atom stereocenters. The van der Waals surface area contributed by atoms with Gasteiger partial charge in [0.2, 0.25) is 10.0 Å². The molecule has 0 saturated carbocycles. The van der Waals surface area contributed by atoms with Crippen molar-refractivity contribution in [3.63, 3.8) is 0 Å². The van der Waals surface area contributed by atoms with Crippen LogP contribution in [0.3, 0.4) is 0 Å². The third-order valence-corrected chi connectivity index (χ3v) is 5.81. The summed E-state index contributed by atoms with van der Waals surface area (Å²) < 4.78 is 30.7. The Kier molecular flexibility index (Phi) is 3.90. The number of aliphatic hydroxyl groups excluding tert-OH is 1. The standard InChI is InChI=1S/C10H17NO6S/c12-7-5-9(10(13)14)11(6-7)18(15,16)8-1-3-17-4-2-8/h7-9,12H,1-6H2,(H,13,14)/t7-,9-/m0/s1. The van der Waals surface area contributed by atoms with Crippen molar-refractivity contribution in [2.75, 3.05) is 19.8 Å². The Bertz CT molecular complexity index is 416. The number of carboxylic acids is 1. The first-order chi connectivity index (χ1) is 8.43. The summed E-state index contributed by atoms with van der Waals surface area (Å²) in [6.45, 7) is 0.618. The van der Waals surface area contributed by atoms with Gasteiger partial charge >= 0.3 is 5.97 Å². The summed E-state index contributed by atoms with van der Waals surface area (Å²) >= 11 is 0. The van der Waals surface area contributed by atoms with Crippen molar-refractivity contribution in [2.24, 2.45) is 0 Å². The van der Waals surface area contributed by atoms with Gasteiger partial charge in [0.05, 0.1) is 11.4 Å². The first kappa shape index (κ1) is 13.7. The number of rotatable bonds is 3. The van der Waals surface area contributed by atoms with E-state index in [-0.39, 0.29) is 13.0 Å². The molecule has 18 heavy (non-hydrogen) atoms. The minimum absolute atomic E-state index is 0.0439. The van der Waals surface area contributed by atoms with Crippen molar-refractivity contribution in [1.29, 1.82) is 0 Å². The van der Waals surface area contributed by atoms with Crippen LogP contribution in [0.25, 0.3) is 0 Å². The summed E-state index contributed by atoms with van der Waals surface area (Å²) in [5.41, 5.74) is 0. The zero-order valence-electron chi connectivity index (χ0n) is 9.86. The van der Waals surface area contributed by atoms with E-state index in [9.17, 15) is 18.3 Å². The summed E-state index contributed by atoms with van der Waals surface area (Å²) in [4.78, 5) is 11.0. The number of nitrogens with zero attached hydrogens (tertiary/aromatic N) is 1. The number of aliphatic carboxylic acids is 1. The molecule has 0 aromatic carbocycles. The van der Waals surface area contributed by atoms with Gasteiger partial charge in [-0.1, -0.05) is 0 Å². The second-order valence-electron chi connectivity index (χ2n) is 4.67. The van der Waals surface area contributed by atoms with E-state index in [2.05, 4.69) is 0 Å². The van der Waals surface area contributed by atoms with Gasteiger partial charge in [-0.25, -0.2) is 8.42 Å². The summed E-state index contributed by atoms with van der Waals surface area (Å²) in [6.07, 6.45) is -0.193. The molecule has 2 aliphatic heterocycles. The van der Waals surface area contributed by atoms with E-state index < -0.39 is 33.4 Å². The van der Waals surface area contributed by atoms with Gasteiger partial charge < -0.3 is 14.9 Å². The van der Waals surface area contributed by atoms with Crippen LogP contribution >= 0.6 is 0 Å². The number of hydrogen-bond acceptors (Lipinski definition) is 5. The Hall–Kier alpha value is -0.700. The molecule has 7 nitrogen and oxygen atoms in total. The van der Waals surface area contributed by atoms with Gasteiger partial charge in [-0.3, -0.25) is 4.79 Å². The van der Waals surface area contributed by atoms with Crippen molar-refractivity contribution in [1.82, 2.24) is 4.31 Å². The van der Waals surface area contributed by atoms with Gasteiger partial charge in [0.15, 0.2) is 0 Å². The van der Waals surface area contributed by atoms with Gasteiger partial charge in [-0.05, 0) is 12.8 Å². The molecule has 0 unspecified atom stereocenters. The molecule has 2 aliphatic rings. The number of hydrogen-bond donors (Lipinski definition) is 2. The maximum absolute atomic E-state index is 12.3. The lowest BCUT2D eigenvalue weighted by molar-refractivity contribution is -0.140. The highest BCUT2D eigenvalue weighted by Crippen LogP contribution is 2.27. The second kappa shape index (κ2) is 5.12. The molecule has 104 valence electrons. The van der Waals surface area contributed by atoms with Gasteiger partial charge in [-0.15, -0.1) is 0 Å². The van der Waals surface area contributed by atoms with E-state index in [1.807, 2.05) is 0 Å². The molecule has 2 saturated heterocycles. The number of ether oxygens (including phenoxy) is 1. The summed E-state index contributed by atoms with van der Waals surface area (Å²) in [7, 11) is -3.68. The first-order valence-corrected chi connectivity index (χ1v) is 7.42. The van der Waals surface area contributed by atoms with Crippen LogP contribution in [0.2, 0.25) is 0 Å². The Morgan fingerprint density at radius 2 is 1.89 bits per heavy atom. The molecule has 0 amide bonds. The molecule has 2 N–H and O–H groups in total. The zero-order valence-corrected chi connectivity index (χ0v) is 10.7. The minimum Gasteiger partial charge on any atom is -0.480 e. The SMILES string of the molecule is O=C(O)[C@@H]1C[C@H](O)CN1S(=O)(=O)C1CCOCC1. The molecular formula is C10H17NO6S. The highest BCUT2D eigenvalue weighted by atomic mass is 32.2. The van der Waals surface area contributed by atoms with Crippen molar-refractivity contribution in [2.45, 2.75) is 36.7 Å². The number of carbonyl (C=O) groups is 1. The quantitative estimate of drug-likeness (QED) is 0.688. The molecule has 0 aromatic heterocycles. The van der Waals surface area contributed by atoms with E-state index in [1.165, 1.54) is 0 Å². The molecule has 0 bridgehead atoms. The lowest BCUT2D eigenvalue weighted by atomic mass is 10.2. The second-order valence-corrected chi connectivity index (χ2v) is 6.84. The summed E-state index contributed by atoms with van der Waals surface area (Å²) in [5.74, 6) is -1.21. The number of aliphatic hydroxyl groups is 1. The molecule has 8 heteroatoms. The van der Waals surface area contributed by atoms with Crippen LogP contribution in [-0.4, -0.2) is 66.1 Å². The van der Waals surface area contributed by atoms with Crippen LogP contribution < -0.4 is 0 Å². The van der Waals surface area contributed by atoms with Crippen LogP contribution in [0, 0.1) is 0 Å². The fourth-order valence-corrected chi connectivity index (χ4v) is 4.54. The van der Waals surface area contributed by atoms with Crippen LogP contribution in [0.15, 0.2) is 0 Å². The number of β-amino-alcohol motifs (C(OH)–C–C–N with tert-alkyl or cyclic N) is 1. The first-order valence-electron chi connectivity index (χ1n) is 5.92. The smallest absolute Gasteiger partial charge is 0.322 e. The monoisotopic (exact) mass is 279 g/mol. The predicted octanol–water partition coefficient (Wildman–Crippen LogP) is -0.985. The summed E-state index contributed by atoms with van der Waals surface area (Å²) in [5, 5.41) is 17.9. The Morgan fingerprint density at radius 1 is 1.28 bits per heavy atom. The fraction of sp³-hybridized carbons (Fsp3) is 0.900. The van der Waals surface area contributed by atoms with E-state index in [0.29, 0.717) is 26.1 Å².